The predicted molar refractivity (Wildman–Crippen MR) is 134 cm³/mol. The number of benzene rings is 3. The van der Waals surface area contributed by atoms with Crippen molar-refractivity contribution >= 4 is 34.9 Å². The zero-order valence-electron chi connectivity index (χ0n) is 19.2. The molecule has 170 valence electrons. The van der Waals surface area contributed by atoms with Crippen LogP contribution in [0.4, 0.5) is 16.2 Å². The lowest BCUT2D eigenvalue weighted by Crippen LogP contribution is -2.49. The molecule has 4 rings (SSSR count). The van der Waals surface area contributed by atoms with Gasteiger partial charge in [0.2, 0.25) is 0 Å². The Morgan fingerprint density at radius 3 is 2.30 bits per heavy atom. The Bertz CT molecular complexity index is 1170. The van der Waals surface area contributed by atoms with Gasteiger partial charge in [0.1, 0.15) is 0 Å². The molecule has 0 atom stereocenters. The van der Waals surface area contributed by atoms with E-state index in [1.807, 2.05) is 34.1 Å². The van der Waals surface area contributed by atoms with E-state index in [4.69, 9.17) is 11.6 Å². The molecule has 0 saturated carbocycles. The number of hydrogen-bond donors (Lipinski definition) is 1. The van der Waals surface area contributed by atoms with Gasteiger partial charge in [-0.1, -0.05) is 41.4 Å². The van der Waals surface area contributed by atoms with Gasteiger partial charge in [0.05, 0.1) is 10.6 Å². The van der Waals surface area contributed by atoms with Crippen LogP contribution in [0, 0.1) is 20.8 Å². The standard InChI is InChI=1S/C27H28ClN3O2/c1-18-15-19(2)24(20(3)16-18)17-30-13-6-14-31(27(30)33)22-11-9-21(10-12-22)29-26(32)23-7-4-5-8-25(23)28/h4-5,7-12,15-16H,6,13-14,17H2,1-3H3,(H,29,32). The van der Waals surface area contributed by atoms with Gasteiger partial charge in [-0.15, -0.1) is 0 Å². The monoisotopic (exact) mass is 461 g/mol. The second-order valence-electron chi connectivity index (χ2n) is 8.57. The molecule has 0 radical (unpaired) electrons. The van der Waals surface area contributed by atoms with Crippen LogP contribution in [0.5, 0.6) is 0 Å². The van der Waals surface area contributed by atoms with Crippen molar-refractivity contribution in [3.8, 4) is 0 Å². The number of hydrogen-bond acceptors (Lipinski definition) is 2. The maximum absolute atomic E-state index is 13.3. The van der Waals surface area contributed by atoms with Crippen molar-refractivity contribution < 1.29 is 9.59 Å². The van der Waals surface area contributed by atoms with Crippen LogP contribution in [0.25, 0.3) is 0 Å². The zero-order valence-corrected chi connectivity index (χ0v) is 19.9. The van der Waals surface area contributed by atoms with Crippen molar-refractivity contribution in [3.63, 3.8) is 0 Å². The van der Waals surface area contributed by atoms with Crippen molar-refractivity contribution in [2.75, 3.05) is 23.3 Å². The third-order valence-corrected chi connectivity index (χ3v) is 6.39. The largest absolute Gasteiger partial charge is 0.324 e. The maximum atomic E-state index is 13.3. The van der Waals surface area contributed by atoms with Crippen LogP contribution in [0.15, 0.2) is 60.7 Å². The normalized spacial score (nSPS) is 13.9. The molecular weight excluding hydrogens is 434 g/mol. The van der Waals surface area contributed by atoms with Gasteiger partial charge in [0.15, 0.2) is 0 Å². The summed E-state index contributed by atoms with van der Waals surface area (Å²) in [5.41, 5.74) is 6.78. The number of carbonyl (C=O) groups excluding carboxylic acids is 2. The molecule has 0 aromatic heterocycles. The van der Waals surface area contributed by atoms with Crippen LogP contribution in [-0.4, -0.2) is 29.9 Å². The molecule has 5 nitrogen and oxygen atoms in total. The summed E-state index contributed by atoms with van der Waals surface area (Å²) < 4.78 is 0. The third kappa shape index (κ3) is 5.04. The van der Waals surface area contributed by atoms with E-state index in [0.717, 1.165) is 18.7 Å². The molecule has 0 bridgehead atoms. The summed E-state index contributed by atoms with van der Waals surface area (Å²) in [6.45, 7) is 8.34. The van der Waals surface area contributed by atoms with Crippen LogP contribution >= 0.6 is 11.6 Å². The first kappa shape index (κ1) is 22.9. The highest BCUT2D eigenvalue weighted by molar-refractivity contribution is 6.34. The molecular formula is C27H28ClN3O2. The molecule has 1 fully saturated rings. The Labute approximate surface area is 200 Å². The van der Waals surface area contributed by atoms with E-state index < -0.39 is 0 Å². The van der Waals surface area contributed by atoms with Gasteiger partial charge in [-0.3, -0.25) is 9.69 Å². The average molecular weight is 462 g/mol. The van der Waals surface area contributed by atoms with Gasteiger partial charge in [-0.25, -0.2) is 4.79 Å². The van der Waals surface area contributed by atoms with Crippen LogP contribution in [0.2, 0.25) is 5.02 Å². The molecule has 0 unspecified atom stereocenters. The van der Waals surface area contributed by atoms with Gasteiger partial charge in [0.25, 0.3) is 5.91 Å². The Kier molecular flexibility index (Phi) is 6.70. The molecule has 3 aromatic carbocycles. The quantitative estimate of drug-likeness (QED) is 0.481. The van der Waals surface area contributed by atoms with Crippen LogP contribution in [-0.2, 0) is 6.54 Å². The first-order valence-corrected chi connectivity index (χ1v) is 11.5. The van der Waals surface area contributed by atoms with Gasteiger partial charge >= 0.3 is 6.03 Å². The number of nitrogens with one attached hydrogen (secondary N) is 1. The lowest BCUT2D eigenvalue weighted by atomic mass is 9.99. The SMILES string of the molecule is Cc1cc(C)c(CN2CCCN(c3ccc(NC(=O)c4ccccc4Cl)cc3)C2=O)c(C)c1. The number of rotatable bonds is 5. The topological polar surface area (TPSA) is 52.6 Å². The lowest BCUT2D eigenvalue weighted by Gasteiger charge is -2.36. The highest BCUT2D eigenvalue weighted by atomic mass is 35.5. The fourth-order valence-corrected chi connectivity index (χ4v) is 4.61. The first-order chi connectivity index (χ1) is 15.8. The predicted octanol–water partition coefficient (Wildman–Crippen LogP) is 6.35. The summed E-state index contributed by atoms with van der Waals surface area (Å²) in [4.78, 5) is 29.5. The lowest BCUT2D eigenvalue weighted by molar-refractivity contribution is 0.102. The number of carbonyl (C=O) groups is 2. The minimum absolute atomic E-state index is 0.00785. The van der Waals surface area contributed by atoms with Gasteiger partial charge < -0.3 is 10.2 Å². The molecule has 3 amide bonds. The molecule has 33 heavy (non-hydrogen) atoms. The fraction of sp³-hybridized carbons (Fsp3) is 0.259. The van der Waals surface area contributed by atoms with Gasteiger partial charge in [-0.2, -0.15) is 0 Å². The molecule has 0 spiro atoms. The van der Waals surface area contributed by atoms with E-state index in [1.165, 1.54) is 22.3 Å². The molecule has 3 aromatic rings. The second kappa shape index (κ2) is 9.67. The average Bonchev–Trinajstić information content (AvgIpc) is 2.78. The Balaban J connectivity index is 1.46. The summed E-state index contributed by atoms with van der Waals surface area (Å²) >= 11 is 6.12. The summed E-state index contributed by atoms with van der Waals surface area (Å²) in [5, 5.41) is 3.27. The van der Waals surface area contributed by atoms with Crippen molar-refractivity contribution in [1.29, 1.82) is 0 Å². The number of nitrogens with zero attached hydrogens (tertiary/aromatic N) is 2. The number of amides is 3. The molecule has 1 saturated heterocycles. The van der Waals surface area contributed by atoms with Gasteiger partial charge in [0, 0.05) is 31.0 Å². The minimum Gasteiger partial charge on any atom is -0.322 e. The van der Waals surface area contributed by atoms with Crippen LogP contribution in [0.3, 0.4) is 0 Å². The molecule has 1 N–H and O–H groups in total. The van der Waals surface area contributed by atoms with Crippen LogP contribution < -0.4 is 10.2 Å². The smallest absolute Gasteiger partial charge is 0.322 e. The number of halogens is 1. The maximum Gasteiger partial charge on any atom is 0.324 e. The van der Waals surface area contributed by atoms with E-state index in [-0.39, 0.29) is 11.9 Å². The Morgan fingerprint density at radius 2 is 1.64 bits per heavy atom. The number of aryl methyl sites for hydroxylation is 3. The highest BCUT2D eigenvalue weighted by Gasteiger charge is 2.27. The van der Waals surface area contributed by atoms with Crippen molar-refractivity contribution in [3.05, 3.63) is 93.5 Å². The van der Waals surface area contributed by atoms with Crippen molar-refractivity contribution in [2.24, 2.45) is 0 Å². The molecule has 1 heterocycles. The molecule has 6 heteroatoms. The first-order valence-electron chi connectivity index (χ1n) is 11.1. The summed E-state index contributed by atoms with van der Waals surface area (Å²) in [6.07, 6.45) is 0.903. The van der Waals surface area contributed by atoms with E-state index in [2.05, 4.69) is 38.2 Å². The van der Waals surface area contributed by atoms with E-state index in [1.54, 1.807) is 24.3 Å². The minimum atomic E-state index is -0.266. The van der Waals surface area contributed by atoms with E-state index >= 15 is 0 Å². The summed E-state index contributed by atoms with van der Waals surface area (Å²) in [5.74, 6) is -0.266. The molecule has 1 aliphatic heterocycles. The number of anilines is 2. The Hall–Kier alpha value is -3.31. The highest BCUT2D eigenvalue weighted by Crippen LogP contribution is 2.26. The van der Waals surface area contributed by atoms with E-state index in [9.17, 15) is 9.59 Å². The Morgan fingerprint density at radius 1 is 0.970 bits per heavy atom. The fourth-order valence-electron chi connectivity index (χ4n) is 4.39. The summed E-state index contributed by atoms with van der Waals surface area (Å²) in [6, 6.07) is 18.6. The van der Waals surface area contributed by atoms with Gasteiger partial charge in [-0.05, 0) is 80.3 Å². The number of urea groups is 1. The van der Waals surface area contributed by atoms with Crippen LogP contribution in [0.1, 0.15) is 39.0 Å². The third-order valence-electron chi connectivity index (χ3n) is 6.06. The van der Waals surface area contributed by atoms with Crippen molar-refractivity contribution in [2.45, 2.75) is 33.7 Å². The molecule has 1 aliphatic rings. The summed E-state index contributed by atoms with van der Waals surface area (Å²) in [7, 11) is 0. The second-order valence-corrected chi connectivity index (χ2v) is 8.97. The zero-order chi connectivity index (χ0) is 23.5. The van der Waals surface area contributed by atoms with Crippen molar-refractivity contribution in [1.82, 2.24) is 4.90 Å². The molecule has 0 aliphatic carbocycles. The van der Waals surface area contributed by atoms with E-state index in [0.29, 0.717) is 29.4 Å².